The van der Waals surface area contributed by atoms with Crippen LogP contribution in [0, 0.1) is 0 Å². The van der Waals surface area contributed by atoms with Crippen LogP contribution in [0.25, 0.3) is 11.3 Å². The Hall–Kier alpha value is -3.26. The number of hydrogen-bond donors (Lipinski definition) is 2. The van der Waals surface area contributed by atoms with Crippen LogP contribution in [0.1, 0.15) is 0 Å². The zero-order valence-electron chi connectivity index (χ0n) is 16.1. The summed E-state index contributed by atoms with van der Waals surface area (Å²) in [5, 5.41) is 6.62. The van der Waals surface area contributed by atoms with Crippen molar-refractivity contribution < 1.29 is 0 Å². The number of nitrogens with zero attached hydrogens (tertiary/aromatic N) is 6. The van der Waals surface area contributed by atoms with Crippen LogP contribution in [-0.4, -0.2) is 60.2 Å². The third kappa shape index (κ3) is 4.17. The molecule has 4 heterocycles. The van der Waals surface area contributed by atoms with E-state index in [1.54, 1.807) is 18.6 Å². The molecule has 3 aromatic rings. The fourth-order valence-corrected chi connectivity index (χ4v) is 3.13. The second kappa shape index (κ2) is 8.18. The highest BCUT2D eigenvalue weighted by Gasteiger charge is 2.14. The summed E-state index contributed by atoms with van der Waals surface area (Å²) in [5.41, 5.74) is 2.97. The van der Waals surface area contributed by atoms with Crippen molar-refractivity contribution in [1.82, 2.24) is 25.3 Å². The Morgan fingerprint density at radius 2 is 1.86 bits per heavy atom. The van der Waals surface area contributed by atoms with Crippen LogP contribution in [0.15, 0.2) is 49.1 Å². The summed E-state index contributed by atoms with van der Waals surface area (Å²) >= 11 is 0. The van der Waals surface area contributed by atoms with E-state index in [-0.39, 0.29) is 0 Å². The quantitative estimate of drug-likeness (QED) is 0.701. The van der Waals surface area contributed by atoms with Gasteiger partial charge >= 0.3 is 0 Å². The third-order valence-corrected chi connectivity index (χ3v) is 4.63. The maximum absolute atomic E-state index is 4.80. The molecule has 0 atom stereocenters. The molecule has 0 radical (unpaired) electrons. The summed E-state index contributed by atoms with van der Waals surface area (Å²) in [6, 6.07) is 8.19. The highest BCUT2D eigenvalue weighted by molar-refractivity contribution is 5.71. The predicted octanol–water partition coefficient (Wildman–Crippen LogP) is 2.15. The first-order valence-electron chi connectivity index (χ1n) is 9.33. The highest BCUT2D eigenvalue weighted by Crippen LogP contribution is 2.28. The molecular formula is C20H24N8. The van der Waals surface area contributed by atoms with Gasteiger partial charge in [0.05, 0.1) is 11.9 Å². The Balaban J connectivity index is 1.68. The average Bonchev–Trinajstić information content (AvgIpc) is 2.75. The van der Waals surface area contributed by atoms with Gasteiger partial charge in [0, 0.05) is 76.2 Å². The summed E-state index contributed by atoms with van der Waals surface area (Å²) in [7, 11) is 4.04. The summed E-state index contributed by atoms with van der Waals surface area (Å²) < 4.78 is 0. The molecule has 0 spiro atoms. The van der Waals surface area contributed by atoms with Crippen molar-refractivity contribution in [3.8, 4) is 11.3 Å². The Morgan fingerprint density at radius 3 is 2.61 bits per heavy atom. The molecule has 1 aliphatic rings. The van der Waals surface area contributed by atoms with E-state index < -0.39 is 0 Å². The fraction of sp³-hybridized carbons (Fsp3) is 0.300. The predicted molar refractivity (Wildman–Crippen MR) is 112 cm³/mol. The van der Waals surface area contributed by atoms with Gasteiger partial charge in [-0.05, 0) is 18.2 Å². The van der Waals surface area contributed by atoms with Crippen LogP contribution in [0.2, 0.25) is 0 Å². The molecule has 4 rings (SSSR count). The first kappa shape index (κ1) is 18.1. The van der Waals surface area contributed by atoms with Gasteiger partial charge in [0.25, 0.3) is 0 Å². The topological polar surface area (TPSA) is 82.1 Å². The van der Waals surface area contributed by atoms with Crippen molar-refractivity contribution in [2.24, 2.45) is 0 Å². The number of rotatable bonds is 5. The lowest BCUT2D eigenvalue weighted by molar-refractivity contribution is 0.585. The van der Waals surface area contributed by atoms with Crippen LogP contribution in [0.4, 0.5) is 23.1 Å². The third-order valence-electron chi connectivity index (χ3n) is 4.63. The summed E-state index contributed by atoms with van der Waals surface area (Å²) in [5.74, 6) is 2.37. The van der Waals surface area contributed by atoms with Crippen molar-refractivity contribution >= 4 is 23.1 Å². The van der Waals surface area contributed by atoms with Gasteiger partial charge in [0.2, 0.25) is 0 Å². The minimum atomic E-state index is 0.660. The number of nitrogens with one attached hydrogen (secondary N) is 2. The van der Waals surface area contributed by atoms with E-state index in [1.165, 1.54) is 0 Å². The van der Waals surface area contributed by atoms with Crippen LogP contribution in [0.5, 0.6) is 0 Å². The van der Waals surface area contributed by atoms with E-state index in [1.807, 2.05) is 32.4 Å². The smallest absolute Gasteiger partial charge is 0.150 e. The van der Waals surface area contributed by atoms with Gasteiger partial charge < -0.3 is 20.4 Å². The van der Waals surface area contributed by atoms with Gasteiger partial charge in [-0.25, -0.2) is 15.0 Å². The SMILES string of the molecule is CN(C)c1cc(Nc2cnccn2)nc(-c2ccnc(N3CCNCC3)c2)c1. The Morgan fingerprint density at radius 1 is 1.00 bits per heavy atom. The van der Waals surface area contributed by atoms with Crippen molar-refractivity contribution in [3.63, 3.8) is 0 Å². The van der Waals surface area contributed by atoms with E-state index in [0.29, 0.717) is 5.82 Å². The van der Waals surface area contributed by atoms with E-state index in [2.05, 4.69) is 47.5 Å². The van der Waals surface area contributed by atoms with E-state index in [4.69, 9.17) is 4.98 Å². The van der Waals surface area contributed by atoms with Crippen molar-refractivity contribution in [2.45, 2.75) is 0 Å². The Kier molecular flexibility index (Phi) is 5.29. The number of aromatic nitrogens is 4. The molecule has 144 valence electrons. The molecule has 1 aliphatic heterocycles. The first-order valence-corrected chi connectivity index (χ1v) is 9.33. The molecule has 8 heteroatoms. The molecular weight excluding hydrogens is 352 g/mol. The zero-order chi connectivity index (χ0) is 19.3. The molecule has 3 aromatic heterocycles. The van der Waals surface area contributed by atoms with Gasteiger partial charge in [-0.1, -0.05) is 0 Å². The first-order chi connectivity index (χ1) is 13.7. The lowest BCUT2D eigenvalue weighted by atomic mass is 10.1. The van der Waals surface area contributed by atoms with Crippen LogP contribution < -0.4 is 20.4 Å². The summed E-state index contributed by atoms with van der Waals surface area (Å²) in [4.78, 5) is 22.1. The van der Waals surface area contributed by atoms with Crippen molar-refractivity contribution in [3.05, 3.63) is 49.1 Å². The van der Waals surface area contributed by atoms with Crippen LogP contribution in [-0.2, 0) is 0 Å². The number of hydrogen-bond acceptors (Lipinski definition) is 8. The van der Waals surface area contributed by atoms with Gasteiger partial charge in [0.1, 0.15) is 17.5 Å². The molecule has 0 aromatic carbocycles. The molecule has 1 saturated heterocycles. The lowest BCUT2D eigenvalue weighted by Gasteiger charge is -2.28. The molecule has 1 fully saturated rings. The van der Waals surface area contributed by atoms with Gasteiger partial charge in [-0.3, -0.25) is 4.98 Å². The Bertz CT molecular complexity index is 922. The molecule has 0 unspecified atom stereocenters. The van der Waals surface area contributed by atoms with Gasteiger partial charge in [-0.15, -0.1) is 0 Å². The maximum atomic E-state index is 4.80. The normalized spacial score (nSPS) is 14.0. The van der Waals surface area contributed by atoms with E-state index in [9.17, 15) is 0 Å². The van der Waals surface area contributed by atoms with Crippen molar-refractivity contribution in [1.29, 1.82) is 0 Å². The molecule has 0 amide bonds. The highest BCUT2D eigenvalue weighted by atomic mass is 15.2. The molecule has 28 heavy (non-hydrogen) atoms. The van der Waals surface area contributed by atoms with Crippen molar-refractivity contribution in [2.75, 3.05) is 55.4 Å². The lowest BCUT2D eigenvalue weighted by Crippen LogP contribution is -2.43. The Labute approximate surface area is 164 Å². The van der Waals surface area contributed by atoms with E-state index >= 15 is 0 Å². The minimum Gasteiger partial charge on any atom is -0.377 e. The number of pyridine rings is 2. The molecule has 0 bridgehead atoms. The molecule has 2 N–H and O–H groups in total. The van der Waals surface area contributed by atoms with E-state index in [0.717, 1.165) is 54.8 Å². The standard InChI is InChI=1S/C20H24N8/c1-27(2)16-12-17(25-18(13-16)26-19-14-22-5-6-23-19)15-3-4-24-20(11-15)28-9-7-21-8-10-28/h3-6,11-14,21H,7-10H2,1-2H3,(H,23,25,26). The minimum absolute atomic E-state index is 0.660. The molecule has 0 aliphatic carbocycles. The van der Waals surface area contributed by atoms with Gasteiger partial charge in [-0.2, -0.15) is 0 Å². The average molecular weight is 376 g/mol. The second-order valence-electron chi connectivity index (χ2n) is 6.85. The number of anilines is 4. The second-order valence-corrected chi connectivity index (χ2v) is 6.85. The largest absolute Gasteiger partial charge is 0.377 e. The molecule has 8 nitrogen and oxygen atoms in total. The zero-order valence-corrected chi connectivity index (χ0v) is 16.1. The number of piperazine rings is 1. The summed E-state index contributed by atoms with van der Waals surface area (Å²) in [6.07, 6.45) is 6.83. The molecule has 0 saturated carbocycles. The van der Waals surface area contributed by atoms with Crippen LogP contribution in [0.3, 0.4) is 0 Å². The monoisotopic (exact) mass is 376 g/mol. The maximum Gasteiger partial charge on any atom is 0.150 e. The van der Waals surface area contributed by atoms with Crippen LogP contribution >= 0.6 is 0 Å². The van der Waals surface area contributed by atoms with Gasteiger partial charge in [0.15, 0.2) is 0 Å². The fourth-order valence-electron chi connectivity index (χ4n) is 3.13. The summed E-state index contributed by atoms with van der Waals surface area (Å²) in [6.45, 7) is 3.88.